The third-order valence-electron chi connectivity index (χ3n) is 4.85. The SMILES string of the molecule is Cn1c(COc2cccc(C(F)(F)F)c2)nnc1SCC(=O)Nc1cccc2ccccc12. The largest absolute Gasteiger partial charge is 0.486 e. The number of fused-ring (bicyclic) bond motifs is 1. The lowest BCUT2D eigenvalue weighted by atomic mass is 10.1. The van der Waals surface area contributed by atoms with Gasteiger partial charge in [-0.05, 0) is 29.7 Å². The van der Waals surface area contributed by atoms with Crippen LogP contribution in [0.2, 0.25) is 0 Å². The predicted molar refractivity (Wildman–Crippen MR) is 120 cm³/mol. The van der Waals surface area contributed by atoms with E-state index in [1.165, 1.54) is 23.9 Å². The molecule has 0 aliphatic carbocycles. The number of nitrogens with one attached hydrogen (secondary N) is 1. The zero-order valence-electron chi connectivity index (χ0n) is 17.5. The fourth-order valence-corrected chi connectivity index (χ4v) is 3.89. The first-order chi connectivity index (χ1) is 15.8. The molecule has 0 fully saturated rings. The second kappa shape index (κ2) is 9.53. The lowest BCUT2D eigenvalue weighted by Gasteiger charge is -2.10. The molecule has 0 unspecified atom stereocenters. The van der Waals surface area contributed by atoms with Crippen LogP contribution in [0.4, 0.5) is 18.9 Å². The number of nitrogens with zero attached hydrogens (tertiary/aromatic N) is 3. The Bertz CT molecular complexity index is 1280. The van der Waals surface area contributed by atoms with Gasteiger partial charge in [0, 0.05) is 18.1 Å². The summed E-state index contributed by atoms with van der Waals surface area (Å²) in [4.78, 5) is 12.5. The maximum atomic E-state index is 12.8. The number of amides is 1. The Kier molecular flexibility index (Phi) is 6.55. The van der Waals surface area contributed by atoms with Crippen LogP contribution < -0.4 is 10.1 Å². The molecule has 3 aromatic carbocycles. The maximum Gasteiger partial charge on any atom is 0.416 e. The predicted octanol–water partition coefficient (Wildman–Crippen LogP) is 5.30. The number of carbonyl (C=O) groups is 1. The Labute approximate surface area is 191 Å². The Morgan fingerprint density at radius 2 is 1.82 bits per heavy atom. The van der Waals surface area contributed by atoms with Gasteiger partial charge in [0.1, 0.15) is 12.4 Å². The van der Waals surface area contributed by atoms with Crippen molar-refractivity contribution in [3.05, 3.63) is 78.1 Å². The van der Waals surface area contributed by atoms with Crippen LogP contribution in [0.15, 0.2) is 71.9 Å². The highest BCUT2D eigenvalue weighted by Crippen LogP contribution is 2.31. The number of ether oxygens (including phenoxy) is 1. The van der Waals surface area contributed by atoms with Crippen LogP contribution in [-0.4, -0.2) is 26.4 Å². The average Bonchev–Trinajstić information content (AvgIpc) is 3.15. The lowest BCUT2D eigenvalue weighted by molar-refractivity contribution is -0.137. The number of thioether (sulfide) groups is 1. The maximum absolute atomic E-state index is 12.8. The molecular weight excluding hydrogens is 453 g/mol. The topological polar surface area (TPSA) is 69.0 Å². The van der Waals surface area contributed by atoms with E-state index in [2.05, 4.69) is 15.5 Å². The Morgan fingerprint density at radius 1 is 1.06 bits per heavy atom. The van der Waals surface area contributed by atoms with Gasteiger partial charge in [0.2, 0.25) is 5.91 Å². The first kappa shape index (κ1) is 22.7. The molecule has 6 nitrogen and oxygen atoms in total. The van der Waals surface area contributed by atoms with Crippen LogP contribution >= 0.6 is 11.8 Å². The molecule has 1 amide bonds. The first-order valence-electron chi connectivity index (χ1n) is 9.90. The zero-order valence-corrected chi connectivity index (χ0v) is 18.3. The minimum absolute atomic E-state index is 0.0619. The zero-order chi connectivity index (χ0) is 23.4. The van der Waals surface area contributed by atoms with Gasteiger partial charge in [0.15, 0.2) is 11.0 Å². The summed E-state index contributed by atoms with van der Waals surface area (Å²) < 4.78 is 45.6. The van der Waals surface area contributed by atoms with Crippen LogP contribution in [0, 0.1) is 0 Å². The highest BCUT2D eigenvalue weighted by Gasteiger charge is 2.30. The fourth-order valence-electron chi connectivity index (χ4n) is 3.16. The summed E-state index contributed by atoms with van der Waals surface area (Å²) in [5.41, 5.74) is -0.0572. The van der Waals surface area contributed by atoms with Crippen LogP contribution in [0.25, 0.3) is 10.8 Å². The van der Waals surface area contributed by atoms with Crippen LogP contribution in [0.5, 0.6) is 5.75 Å². The molecule has 1 N–H and O–H groups in total. The van der Waals surface area contributed by atoms with Crippen molar-refractivity contribution < 1.29 is 22.7 Å². The summed E-state index contributed by atoms with van der Waals surface area (Å²) in [6.07, 6.45) is -4.44. The standard InChI is InChI=1S/C23H19F3N4O2S/c1-30-20(13-32-17-9-5-8-16(12-17)23(24,25)26)28-29-22(30)33-14-21(31)27-19-11-4-7-15-6-2-3-10-18(15)19/h2-12H,13-14H2,1H3,(H,27,31). The van der Waals surface area contributed by atoms with E-state index in [-0.39, 0.29) is 24.0 Å². The van der Waals surface area contributed by atoms with Crippen molar-refractivity contribution in [1.29, 1.82) is 0 Å². The summed E-state index contributed by atoms with van der Waals surface area (Å²) in [5, 5.41) is 13.5. The highest BCUT2D eigenvalue weighted by atomic mass is 32.2. The molecule has 0 radical (unpaired) electrons. The molecule has 10 heteroatoms. The van der Waals surface area contributed by atoms with Gasteiger partial charge in [-0.25, -0.2) is 0 Å². The van der Waals surface area contributed by atoms with Gasteiger partial charge < -0.3 is 14.6 Å². The monoisotopic (exact) mass is 472 g/mol. The van der Waals surface area contributed by atoms with E-state index in [1.54, 1.807) is 11.6 Å². The molecule has 0 saturated carbocycles. The smallest absolute Gasteiger partial charge is 0.416 e. The van der Waals surface area contributed by atoms with Gasteiger partial charge in [-0.3, -0.25) is 4.79 Å². The summed E-state index contributed by atoms with van der Waals surface area (Å²) in [6.45, 7) is -0.0619. The number of benzene rings is 3. The van der Waals surface area contributed by atoms with E-state index in [0.717, 1.165) is 28.6 Å². The highest BCUT2D eigenvalue weighted by molar-refractivity contribution is 7.99. The van der Waals surface area contributed by atoms with E-state index in [1.807, 2.05) is 42.5 Å². The number of halogens is 3. The number of hydrogen-bond acceptors (Lipinski definition) is 5. The number of hydrogen-bond donors (Lipinski definition) is 1. The van der Waals surface area contributed by atoms with Crippen molar-refractivity contribution in [1.82, 2.24) is 14.8 Å². The van der Waals surface area contributed by atoms with Crippen LogP contribution in [0.3, 0.4) is 0 Å². The summed E-state index contributed by atoms with van der Waals surface area (Å²) in [5.74, 6) is 0.422. The van der Waals surface area contributed by atoms with Crippen molar-refractivity contribution in [3.63, 3.8) is 0 Å². The summed E-state index contributed by atoms with van der Waals surface area (Å²) >= 11 is 1.20. The Morgan fingerprint density at radius 3 is 2.64 bits per heavy atom. The van der Waals surface area contributed by atoms with Crippen LogP contribution in [-0.2, 0) is 24.6 Å². The number of aromatic nitrogens is 3. The third kappa shape index (κ3) is 5.46. The number of carbonyl (C=O) groups excluding carboxylic acids is 1. The molecule has 0 aliphatic rings. The van der Waals surface area contributed by atoms with Gasteiger partial charge in [-0.2, -0.15) is 13.2 Å². The molecule has 0 aliphatic heterocycles. The van der Waals surface area contributed by atoms with Crippen molar-refractivity contribution in [2.75, 3.05) is 11.1 Å². The molecule has 0 saturated heterocycles. The Balaban J connectivity index is 1.35. The molecule has 4 rings (SSSR count). The minimum atomic E-state index is -4.44. The third-order valence-corrected chi connectivity index (χ3v) is 5.87. The molecule has 170 valence electrons. The van der Waals surface area contributed by atoms with E-state index in [4.69, 9.17) is 4.74 Å². The van der Waals surface area contributed by atoms with E-state index >= 15 is 0 Å². The van der Waals surface area contributed by atoms with E-state index < -0.39 is 11.7 Å². The number of rotatable bonds is 7. The summed E-state index contributed by atoms with van der Waals surface area (Å²) in [6, 6.07) is 18.1. The van der Waals surface area contributed by atoms with Gasteiger partial charge in [0.25, 0.3) is 0 Å². The molecule has 33 heavy (non-hydrogen) atoms. The van der Waals surface area contributed by atoms with Crippen molar-refractivity contribution in [2.45, 2.75) is 17.9 Å². The number of anilines is 1. The summed E-state index contributed by atoms with van der Waals surface area (Å²) in [7, 11) is 1.70. The van der Waals surface area contributed by atoms with E-state index in [0.29, 0.717) is 11.0 Å². The van der Waals surface area contributed by atoms with Crippen molar-refractivity contribution >= 4 is 34.1 Å². The first-order valence-corrected chi connectivity index (χ1v) is 10.9. The second-order valence-corrected chi connectivity index (χ2v) is 8.08. The molecule has 0 bridgehead atoms. The molecule has 1 heterocycles. The van der Waals surface area contributed by atoms with E-state index in [9.17, 15) is 18.0 Å². The molecule has 0 atom stereocenters. The molecule has 1 aromatic heterocycles. The lowest BCUT2D eigenvalue weighted by Crippen LogP contribution is -2.14. The van der Waals surface area contributed by atoms with Gasteiger partial charge >= 0.3 is 6.18 Å². The average molecular weight is 472 g/mol. The normalized spacial score (nSPS) is 11.5. The second-order valence-electron chi connectivity index (χ2n) is 7.14. The molecular formula is C23H19F3N4O2S. The quantitative estimate of drug-likeness (QED) is 0.370. The van der Waals surface area contributed by atoms with Crippen molar-refractivity contribution in [2.24, 2.45) is 7.05 Å². The Hall–Kier alpha value is -3.53. The van der Waals surface area contributed by atoms with Gasteiger partial charge in [-0.1, -0.05) is 54.2 Å². The van der Waals surface area contributed by atoms with Gasteiger partial charge in [-0.15, -0.1) is 10.2 Å². The fraction of sp³-hybridized carbons (Fsp3) is 0.174. The van der Waals surface area contributed by atoms with Gasteiger partial charge in [0.05, 0.1) is 11.3 Å². The molecule has 0 spiro atoms. The van der Waals surface area contributed by atoms with Crippen LogP contribution in [0.1, 0.15) is 11.4 Å². The number of alkyl halides is 3. The minimum Gasteiger partial charge on any atom is -0.486 e. The van der Waals surface area contributed by atoms with Crippen molar-refractivity contribution in [3.8, 4) is 5.75 Å². The molecule has 4 aromatic rings.